The zero-order chi connectivity index (χ0) is 15.7. The lowest BCUT2D eigenvalue weighted by atomic mass is 9.98. The molecule has 0 bridgehead atoms. The fraction of sp³-hybridized carbons (Fsp3) is 0. The smallest absolute Gasteiger partial charge is 0.167 e. The van der Waals surface area contributed by atoms with Crippen LogP contribution < -0.4 is 0 Å². The van der Waals surface area contributed by atoms with E-state index in [1.807, 2.05) is 0 Å². The van der Waals surface area contributed by atoms with Crippen molar-refractivity contribution >= 4 is 0 Å². The molecule has 3 aromatic carbocycles. The van der Waals surface area contributed by atoms with Crippen molar-refractivity contribution in [2.24, 2.45) is 0 Å². The van der Waals surface area contributed by atoms with Crippen LogP contribution in [-0.4, -0.2) is 0 Å². The molecular formula is C18H10F4. The molecule has 0 fully saturated rings. The average Bonchev–Trinajstić information content (AvgIpc) is 2.52. The topological polar surface area (TPSA) is 0 Å². The van der Waals surface area contributed by atoms with Crippen LogP contribution in [0.1, 0.15) is 0 Å². The van der Waals surface area contributed by atoms with Gasteiger partial charge < -0.3 is 0 Å². The first-order valence-electron chi connectivity index (χ1n) is 6.57. The highest BCUT2D eigenvalue weighted by Crippen LogP contribution is 2.33. The van der Waals surface area contributed by atoms with E-state index >= 15 is 0 Å². The Balaban J connectivity index is 2.18. The third-order valence-electron chi connectivity index (χ3n) is 3.41. The second kappa shape index (κ2) is 5.64. The molecule has 0 heterocycles. The number of benzene rings is 3. The highest BCUT2D eigenvalue weighted by atomic mass is 19.2. The summed E-state index contributed by atoms with van der Waals surface area (Å²) >= 11 is 0. The van der Waals surface area contributed by atoms with Crippen molar-refractivity contribution in [3.8, 4) is 22.3 Å². The van der Waals surface area contributed by atoms with E-state index < -0.39 is 23.3 Å². The van der Waals surface area contributed by atoms with Crippen molar-refractivity contribution in [2.45, 2.75) is 0 Å². The van der Waals surface area contributed by atoms with Crippen LogP contribution in [0.25, 0.3) is 22.3 Å². The number of hydrogen-bond acceptors (Lipinski definition) is 0. The maximum atomic E-state index is 14.3. The molecule has 0 radical (unpaired) electrons. The Hall–Kier alpha value is -2.62. The molecule has 0 aliphatic carbocycles. The lowest BCUT2D eigenvalue weighted by Crippen LogP contribution is -1.96. The first-order valence-corrected chi connectivity index (χ1v) is 6.57. The minimum atomic E-state index is -1.20. The monoisotopic (exact) mass is 302 g/mol. The summed E-state index contributed by atoms with van der Waals surface area (Å²) in [6.07, 6.45) is 0. The van der Waals surface area contributed by atoms with Crippen molar-refractivity contribution in [1.82, 2.24) is 0 Å². The molecule has 3 aromatic rings. The van der Waals surface area contributed by atoms with Crippen LogP contribution in [0.5, 0.6) is 0 Å². The summed E-state index contributed by atoms with van der Waals surface area (Å²) < 4.78 is 56.0. The Labute approximate surface area is 124 Å². The molecule has 22 heavy (non-hydrogen) atoms. The molecule has 0 amide bonds. The van der Waals surface area contributed by atoms with Gasteiger partial charge in [0.1, 0.15) is 11.6 Å². The fourth-order valence-corrected chi connectivity index (χ4v) is 2.32. The van der Waals surface area contributed by atoms with Gasteiger partial charge in [0.15, 0.2) is 11.6 Å². The maximum absolute atomic E-state index is 14.3. The predicted molar refractivity (Wildman–Crippen MR) is 77.1 cm³/mol. The lowest BCUT2D eigenvalue weighted by Gasteiger charge is -2.10. The summed E-state index contributed by atoms with van der Waals surface area (Å²) in [5, 5.41) is 0. The number of halogens is 4. The van der Waals surface area contributed by atoms with Gasteiger partial charge in [0.2, 0.25) is 0 Å². The Morgan fingerprint density at radius 1 is 0.409 bits per heavy atom. The summed E-state index contributed by atoms with van der Waals surface area (Å²) in [7, 11) is 0. The van der Waals surface area contributed by atoms with E-state index in [4.69, 9.17) is 0 Å². The zero-order valence-corrected chi connectivity index (χ0v) is 11.3. The van der Waals surface area contributed by atoms with Gasteiger partial charge in [0.05, 0.1) is 0 Å². The van der Waals surface area contributed by atoms with Gasteiger partial charge in [-0.25, -0.2) is 17.6 Å². The van der Waals surface area contributed by atoms with Gasteiger partial charge in [-0.05, 0) is 12.1 Å². The highest BCUT2D eigenvalue weighted by molar-refractivity contribution is 5.72. The minimum Gasteiger partial charge on any atom is -0.206 e. The van der Waals surface area contributed by atoms with Crippen LogP contribution in [0.4, 0.5) is 17.6 Å². The van der Waals surface area contributed by atoms with Crippen LogP contribution in [0.2, 0.25) is 0 Å². The molecule has 0 aliphatic rings. The van der Waals surface area contributed by atoms with Crippen molar-refractivity contribution in [2.75, 3.05) is 0 Å². The molecule has 3 rings (SSSR count). The Morgan fingerprint density at radius 2 is 0.773 bits per heavy atom. The molecule has 0 aliphatic heterocycles. The minimum absolute atomic E-state index is 0.0426. The Kier molecular flexibility index (Phi) is 3.67. The van der Waals surface area contributed by atoms with E-state index in [0.29, 0.717) is 0 Å². The quantitative estimate of drug-likeness (QED) is 0.542. The Morgan fingerprint density at radius 3 is 1.14 bits per heavy atom. The first-order chi connectivity index (χ1) is 10.6. The fourth-order valence-electron chi connectivity index (χ4n) is 2.32. The first kappa shape index (κ1) is 14.3. The van der Waals surface area contributed by atoms with Gasteiger partial charge in [-0.3, -0.25) is 0 Å². The summed E-state index contributed by atoms with van der Waals surface area (Å²) in [6, 6.07) is 13.5. The summed E-state index contributed by atoms with van der Waals surface area (Å²) in [5.74, 6) is -3.71. The van der Waals surface area contributed by atoms with Crippen molar-refractivity contribution in [3.63, 3.8) is 0 Å². The molecule has 0 N–H and O–H groups in total. The number of rotatable bonds is 2. The van der Waals surface area contributed by atoms with Crippen molar-refractivity contribution in [3.05, 3.63) is 83.9 Å². The molecular weight excluding hydrogens is 292 g/mol. The third-order valence-corrected chi connectivity index (χ3v) is 3.41. The molecule has 110 valence electrons. The molecule has 4 heteroatoms. The second-order valence-corrected chi connectivity index (χ2v) is 4.75. The van der Waals surface area contributed by atoms with Gasteiger partial charge in [-0.15, -0.1) is 0 Å². The average molecular weight is 302 g/mol. The molecule has 0 atom stereocenters. The largest absolute Gasteiger partial charge is 0.206 e. The third kappa shape index (κ3) is 2.37. The van der Waals surface area contributed by atoms with E-state index in [1.54, 1.807) is 0 Å². The highest BCUT2D eigenvalue weighted by Gasteiger charge is 2.19. The van der Waals surface area contributed by atoms with E-state index in [0.717, 1.165) is 12.1 Å². The SMILES string of the molecule is Fc1ccccc1-c1ccc(-c2ccccc2F)c(F)c1F. The zero-order valence-electron chi connectivity index (χ0n) is 11.3. The number of hydrogen-bond donors (Lipinski definition) is 0. The van der Waals surface area contributed by atoms with Gasteiger partial charge >= 0.3 is 0 Å². The van der Waals surface area contributed by atoms with Gasteiger partial charge in [-0.1, -0.05) is 48.5 Å². The summed E-state index contributed by atoms with van der Waals surface area (Å²) in [4.78, 5) is 0. The molecule has 0 aromatic heterocycles. The van der Waals surface area contributed by atoms with Crippen LogP contribution >= 0.6 is 0 Å². The second-order valence-electron chi connectivity index (χ2n) is 4.75. The van der Waals surface area contributed by atoms with Crippen molar-refractivity contribution in [1.29, 1.82) is 0 Å². The van der Waals surface area contributed by atoms with E-state index in [1.165, 1.54) is 48.5 Å². The molecule has 0 saturated heterocycles. The van der Waals surface area contributed by atoms with Gasteiger partial charge in [-0.2, -0.15) is 0 Å². The summed E-state index contributed by atoms with van der Waals surface area (Å²) in [5.41, 5.74) is -0.482. The van der Waals surface area contributed by atoms with E-state index in [9.17, 15) is 17.6 Å². The van der Waals surface area contributed by atoms with Crippen LogP contribution in [0, 0.1) is 23.3 Å². The lowest BCUT2D eigenvalue weighted by molar-refractivity contribution is 0.512. The predicted octanol–water partition coefficient (Wildman–Crippen LogP) is 5.58. The van der Waals surface area contributed by atoms with Gasteiger partial charge in [0.25, 0.3) is 0 Å². The maximum Gasteiger partial charge on any atom is 0.167 e. The van der Waals surface area contributed by atoms with Gasteiger partial charge in [0, 0.05) is 22.3 Å². The molecule has 0 saturated carbocycles. The Bertz CT molecular complexity index is 770. The molecule has 0 spiro atoms. The van der Waals surface area contributed by atoms with Crippen molar-refractivity contribution < 1.29 is 17.6 Å². The normalized spacial score (nSPS) is 10.7. The van der Waals surface area contributed by atoms with E-state index in [2.05, 4.69) is 0 Å². The standard InChI is InChI=1S/C18H10F4/c19-15-7-3-1-5-11(15)13-9-10-14(18(22)17(13)21)12-6-2-4-8-16(12)20/h1-10H. The van der Waals surface area contributed by atoms with Crippen LogP contribution in [0.15, 0.2) is 60.7 Å². The molecule has 0 unspecified atom stereocenters. The molecule has 0 nitrogen and oxygen atoms in total. The van der Waals surface area contributed by atoms with E-state index in [-0.39, 0.29) is 22.3 Å². The van der Waals surface area contributed by atoms with Crippen LogP contribution in [-0.2, 0) is 0 Å². The van der Waals surface area contributed by atoms with Crippen LogP contribution in [0.3, 0.4) is 0 Å². The summed E-state index contributed by atoms with van der Waals surface area (Å²) in [6.45, 7) is 0.